The van der Waals surface area contributed by atoms with Crippen molar-refractivity contribution in [1.82, 2.24) is 4.57 Å². The molecule has 3 N–H and O–H groups in total. The molecule has 0 saturated heterocycles. The standard InChI is InChI=1S/C15H15NO5/c1-9-14(19)13(18)6-7-16(9)12(15(20)21)8-10-2-4-11(17)5-3-10/h2-7,12,17,19H,8H2,1H3,(H,20,21). The molecule has 1 unspecified atom stereocenters. The monoisotopic (exact) mass is 289 g/mol. The Labute approximate surface area is 120 Å². The molecule has 0 aliphatic rings. The van der Waals surface area contributed by atoms with Crippen LogP contribution >= 0.6 is 0 Å². The third-order valence-electron chi connectivity index (χ3n) is 3.34. The third kappa shape index (κ3) is 3.05. The summed E-state index contributed by atoms with van der Waals surface area (Å²) in [5.41, 5.74) is 0.379. The molecule has 1 aromatic heterocycles. The lowest BCUT2D eigenvalue weighted by molar-refractivity contribution is -0.140. The summed E-state index contributed by atoms with van der Waals surface area (Å²) in [4.78, 5) is 22.8. The van der Waals surface area contributed by atoms with Gasteiger partial charge in [0.05, 0.1) is 5.69 Å². The second-order valence-corrected chi connectivity index (χ2v) is 4.75. The number of carboxylic acids is 1. The van der Waals surface area contributed by atoms with E-state index in [-0.39, 0.29) is 17.9 Å². The minimum atomic E-state index is -1.07. The Morgan fingerprint density at radius 1 is 1.19 bits per heavy atom. The fraction of sp³-hybridized carbons (Fsp3) is 0.200. The molecule has 110 valence electrons. The van der Waals surface area contributed by atoms with E-state index < -0.39 is 23.2 Å². The van der Waals surface area contributed by atoms with Crippen LogP contribution in [0.15, 0.2) is 41.3 Å². The summed E-state index contributed by atoms with van der Waals surface area (Å²) in [5, 5.41) is 28.3. The van der Waals surface area contributed by atoms with Crippen LogP contribution in [-0.2, 0) is 11.2 Å². The summed E-state index contributed by atoms with van der Waals surface area (Å²) >= 11 is 0. The molecule has 1 heterocycles. The van der Waals surface area contributed by atoms with Gasteiger partial charge in [0.15, 0.2) is 5.75 Å². The van der Waals surface area contributed by atoms with Crippen molar-refractivity contribution in [2.75, 3.05) is 0 Å². The van der Waals surface area contributed by atoms with Crippen molar-refractivity contribution >= 4 is 5.97 Å². The topological polar surface area (TPSA) is 99.8 Å². The lowest BCUT2D eigenvalue weighted by atomic mass is 10.0. The summed E-state index contributed by atoms with van der Waals surface area (Å²) in [6, 6.07) is 6.38. The smallest absolute Gasteiger partial charge is 0.327 e. The zero-order valence-electron chi connectivity index (χ0n) is 11.4. The molecule has 0 saturated carbocycles. The van der Waals surface area contributed by atoms with Crippen LogP contribution in [0.1, 0.15) is 17.3 Å². The number of aliphatic carboxylic acids is 1. The van der Waals surface area contributed by atoms with E-state index in [4.69, 9.17) is 0 Å². The van der Waals surface area contributed by atoms with Crippen LogP contribution in [0.3, 0.4) is 0 Å². The molecule has 0 aliphatic heterocycles. The summed E-state index contributed by atoms with van der Waals surface area (Å²) in [7, 11) is 0. The molecule has 1 aromatic carbocycles. The van der Waals surface area contributed by atoms with Gasteiger partial charge in [-0.05, 0) is 24.6 Å². The lowest BCUT2D eigenvalue weighted by Gasteiger charge is -2.19. The van der Waals surface area contributed by atoms with Gasteiger partial charge in [-0.25, -0.2) is 4.79 Å². The maximum Gasteiger partial charge on any atom is 0.327 e. The second kappa shape index (κ2) is 5.70. The molecule has 0 radical (unpaired) electrons. The van der Waals surface area contributed by atoms with E-state index in [2.05, 4.69) is 0 Å². The SMILES string of the molecule is Cc1c(O)c(=O)ccn1C(Cc1ccc(O)cc1)C(=O)O. The van der Waals surface area contributed by atoms with E-state index in [1.54, 1.807) is 12.1 Å². The maximum absolute atomic E-state index is 11.5. The second-order valence-electron chi connectivity index (χ2n) is 4.75. The minimum absolute atomic E-state index is 0.0998. The number of hydrogen-bond acceptors (Lipinski definition) is 4. The first-order valence-corrected chi connectivity index (χ1v) is 6.31. The van der Waals surface area contributed by atoms with Crippen molar-refractivity contribution in [3.8, 4) is 11.5 Å². The van der Waals surface area contributed by atoms with Crippen LogP contribution in [0.4, 0.5) is 0 Å². The molecule has 0 fully saturated rings. The summed E-state index contributed by atoms with van der Waals surface area (Å²) in [6.07, 6.45) is 1.52. The Morgan fingerprint density at radius 2 is 1.81 bits per heavy atom. The molecule has 0 spiro atoms. The van der Waals surface area contributed by atoms with Crippen LogP contribution in [0.2, 0.25) is 0 Å². The van der Waals surface area contributed by atoms with E-state index in [0.29, 0.717) is 0 Å². The fourth-order valence-electron chi connectivity index (χ4n) is 2.14. The zero-order chi connectivity index (χ0) is 15.6. The molecular formula is C15H15NO5. The maximum atomic E-state index is 11.5. The number of phenols is 1. The number of phenolic OH excluding ortho intramolecular Hbond substituents is 1. The van der Waals surface area contributed by atoms with E-state index in [1.807, 2.05) is 0 Å². The van der Waals surface area contributed by atoms with Gasteiger partial charge in [-0.3, -0.25) is 4.79 Å². The Kier molecular flexibility index (Phi) is 3.98. The molecule has 6 heteroatoms. The van der Waals surface area contributed by atoms with Crippen molar-refractivity contribution in [2.45, 2.75) is 19.4 Å². The number of nitrogens with zero attached hydrogens (tertiary/aromatic N) is 1. The Bertz CT molecular complexity index is 718. The first-order chi connectivity index (χ1) is 9.90. The highest BCUT2D eigenvalue weighted by Gasteiger charge is 2.22. The van der Waals surface area contributed by atoms with E-state index >= 15 is 0 Å². The first-order valence-electron chi connectivity index (χ1n) is 6.31. The molecule has 1 atom stereocenters. The van der Waals surface area contributed by atoms with Crippen molar-refractivity contribution in [3.63, 3.8) is 0 Å². The van der Waals surface area contributed by atoms with Crippen LogP contribution < -0.4 is 5.43 Å². The Morgan fingerprint density at radius 3 is 2.38 bits per heavy atom. The van der Waals surface area contributed by atoms with Gasteiger partial charge >= 0.3 is 5.97 Å². The average Bonchev–Trinajstić information content (AvgIpc) is 2.45. The Balaban J connectivity index is 2.40. The van der Waals surface area contributed by atoms with Gasteiger partial charge < -0.3 is 19.9 Å². The van der Waals surface area contributed by atoms with Crippen LogP contribution in [0.25, 0.3) is 0 Å². The van der Waals surface area contributed by atoms with E-state index in [9.17, 15) is 24.9 Å². The molecule has 0 amide bonds. The highest BCUT2D eigenvalue weighted by Crippen LogP contribution is 2.21. The van der Waals surface area contributed by atoms with Gasteiger partial charge in [-0.2, -0.15) is 0 Å². The molecule has 2 aromatic rings. The summed E-state index contributed by atoms with van der Waals surface area (Å²) < 4.78 is 1.35. The van der Waals surface area contributed by atoms with Gasteiger partial charge in [-0.15, -0.1) is 0 Å². The number of hydrogen-bond donors (Lipinski definition) is 3. The largest absolute Gasteiger partial charge is 0.508 e. The van der Waals surface area contributed by atoms with Gasteiger partial charge in [0.2, 0.25) is 5.43 Å². The fourth-order valence-corrected chi connectivity index (χ4v) is 2.14. The Hall–Kier alpha value is -2.76. The molecule has 6 nitrogen and oxygen atoms in total. The quantitative estimate of drug-likeness (QED) is 0.790. The number of aromatic hydroxyl groups is 2. The number of pyridine rings is 1. The number of rotatable bonds is 4. The molecule has 0 bridgehead atoms. The van der Waals surface area contributed by atoms with Crippen LogP contribution in [-0.4, -0.2) is 25.9 Å². The highest BCUT2D eigenvalue weighted by atomic mass is 16.4. The molecular weight excluding hydrogens is 274 g/mol. The molecule has 2 rings (SSSR count). The van der Waals surface area contributed by atoms with Gasteiger partial charge in [0, 0.05) is 18.7 Å². The number of carboxylic acid groups (broad SMARTS) is 1. The van der Waals surface area contributed by atoms with Crippen molar-refractivity contribution < 1.29 is 20.1 Å². The molecule has 21 heavy (non-hydrogen) atoms. The van der Waals surface area contributed by atoms with E-state index in [1.165, 1.54) is 29.8 Å². The normalized spacial score (nSPS) is 12.0. The van der Waals surface area contributed by atoms with Crippen LogP contribution in [0.5, 0.6) is 11.5 Å². The van der Waals surface area contributed by atoms with Crippen molar-refractivity contribution in [1.29, 1.82) is 0 Å². The summed E-state index contributed by atoms with van der Waals surface area (Å²) in [5.74, 6) is -1.42. The van der Waals surface area contributed by atoms with Gasteiger partial charge in [0.25, 0.3) is 0 Å². The number of aromatic nitrogens is 1. The lowest BCUT2D eigenvalue weighted by Crippen LogP contribution is -2.24. The van der Waals surface area contributed by atoms with Gasteiger partial charge in [-0.1, -0.05) is 12.1 Å². The van der Waals surface area contributed by atoms with Gasteiger partial charge in [0.1, 0.15) is 11.8 Å². The average molecular weight is 289 g/mol. The van der Waals surface area contributed by atoms with Crippen LogP contribution in [0, 0.1) is 6.92 Å². The van der Waals surface area contributed by atoms with E-state index in [0.717, 1.165) is 11.6 Å². The third-order valence-corrected chi connectivity index (χ3v) is 3.34. The molecule has 0 aliphatic carbocycles. The number of benzene rings is 1. The minimum Gasteiger partial charge on any atom is -0.508 e. The zero-order valence-corrected chi connectivity index (χ0v) is 11.4. The van der Waals surface area contributed by atoms with Crippen molar-refractivity contribution in [3.05, 3.63) is 58.0 Å². The predicted molar refractivity (Wildman–Crippen MR) is 75.6 cm³/mol. The number of carbonyl (C=O) groups is 1. The summed E-state index contributed by atoms with van der Waals surface area (Å²) in [6.45, 7) is 1.49. The van der Waals surface area contributed by atoms with Crippen molar-refractivity contribution in [2.24, 2.45) is 0 Å². The highest BCUT2D eigenvalue weighted by molar-refractivity contribution is 5.72. The predicted octanol–water partition coefficient (Wildman–Crippen LogP) is 1.44. The first kappa shape index (κ1) is 14.6.